The van der Waals surface area contributed by atoms with Crippen molar-refractivity contribution >= 4 is 6.09 Å². The molecule has 0 aromatic heterocycles. The molecule has 1 N–H and O–H groups in total. The average Bonchev–Trinajstić information content (AvgIpc) is 2.69. The zero-order valence-electron chi connectivity index (χ0n) is 9.54. The maximum atomic E-state index is 11.8. The summed E-state index contributed by atoms with van der Waals surface area (Å²) >= 11 is 0. The summed E-state index contributed by atoms with van der Waals surface area (Å²) in [6.45, 7) is 7.38. The number of rotatable bonds is 0. The minimum Gasteiger partial charge on any atom is -0.444 e. The Balaban J connectivity index is 1.62. The van der Waals surface area contributed by atoms with Crippen LogP contribution in [0.5, 0.6) is 0 Å². The molecule has 4 rings (SSSR count). The maximum Gasteiger partial charge on any atom is 0.410 e. The van der Waals surface area contributed by atoms with Crippen LogP contribution in [0, 0.1) is 5.92 Å². The van der Waals surface area contributed by atoms with Crippen LogP contribution in [0.15, 0.2) is 0 Å². The fraction of sp³-hybridized carbons (Fsp3) is 0.909. The molecular formula is C11H18N2O2. The summed E-state index contributed by atoms with van der Waals surface area (Å²) in [6.07, 6.45) is 1.09. The zero-order valence-corrected chi connectivity index (χ0v) is 9.54. The monoisotopic (exact) mass is 210 g/mol. The molecule has 2 bridgehead atoms. The van der Waals surface area contributed by atoms with Crippen LogP contribution < -0.4 is 5.32 Å². The molecule has 4 fully saturated rings. The van der Waals surface area contributed by atoms with Crippen molar-refractivity contribution in [1.29, 1.82) is 0 Å². The topological polar surface area (TPSA) is 41.6 Å². The minimum atomic E-state index is -0.382. The fourth-order valence-corrected chi connectivity index (χ4v) is 2.91. The van der Waals surface area contributed by atoms with E-state index in [0.717, 1.165) is 19.0 Å². The summed E-state index contributed by atoms with van der Waals surface area (Å²) in [5, 5.41) is 3.53. The molecule has 1 amide bonds. The Morgan fingerprint density at radius 2 is 2.27 bits per heavy atom. The highest BCUT2D eigenvalue weighted by Gasteiger charge is 2.70. The third kappa shape index (κ3) is 1.34. The molecule has 3 heterocycles. The van der Waals surface area contributed by atoms with E-state index in [-0.39, 0.29) is 11.7 Å². The van der Waals surface area contributed by atoms with Gasteiger partial charge >= 0.3 is 6.09 Å². The number of ether oxygens (including phenoxy) is 1. The standard InChI is InChI=1S/C11H18N2O2/c1-10(2,3)15-9(14)13-5-8-7-4-11(7,6-13)12-8/h7-8,12H,4-6H2,1-3H3/t7?,8-,11+/m1/s1. The Kier molecular flexibility index (Phi) is 1.57. The molecule has 4 nitrogen and oxygen atoms in total. The van der Waals surface area contributed by atoms with E-state index in [0.29, 0.717) is 11.6 Å². The number of amides is 1. The molecule has 1 spiro atoms. The van der Waals surface area contributed by atoms with Gasteiger partial charge in [-0.05, 0) is 33.1 Å². The second-order valence-corrected chi connectivity index (χ2v) is 6.08. The van der Waals surface area contributed by atoms with Crippen molar-refractivity contribution in [1.82, 2.24) is 10.2 Å². The van der Waals surface area contributed by atoms with Gasteiger partial charge in [0.1, 0.15) is 5.60 Å². The molecule has 4 heteroatoms. The van der Waals surface area contributed by atoms with Crippen molar-refractivity contribution in [3.05, 3.63) is 0 Å². The molecule has 0 aromatic rings. The third-order valence-electron chi connectivity index (χ3n) is 3.63. The van der Waals surface area contributed by atoms with Crippen molar-refractivity contribution in [2.45, 2.75) is 44.4 Å². The zero-order chi connectivity index (χ0) is 10.8. The van der Waals surface area contributed by atoms with Crippen LogP contribution in [-0.2, 0) is 4.74 Å². The second kappa shape index (κ2) is 2.48. The quantitative estimate of drug-likeness (QED) is 0.647. The van der Waals surface area contributed by atoms with Crippen LogP contribution in [0.3, 0.4) is 0 Å². The lowest BCUT2D eigenvalue weighted by molar-refractivity contribution is -0.00120. The van der Waals surface area contributed by atoms with Crippen molar-refractivity contribution in [2.24, 2.45) is 5.92 Å². The fourth-order valence-electron chi connectivity index (χ4n) is 2.91. The Hall–Kier alpha value is -0.770. The van der Waals surface area contributed by atoms with E-state index in [1.807, 2.05) is 25.7 Å². The van der Waals surface area contributed by atoms with Gasteiger partial charge in [0.2, 0.25) is 0 Å². The van der Waals surface area contributed by atoms with Crippen molar-refractivity contribution in [3.63, 3.8) is 0 Å². The number of nitrogens with zero attached hydrogens (tertiary/aromatic N) is 1. The Morgan fingerprint density at radius 1 is 1.53 bits per heavy atom. The highest BCUT2D eigenvalue weighted by atomic mass is 16.6. The number of piperazine rings is 1. The molecule has 0 aromatic carbocycles. The summed E-state index contributed by atoms with van der Waals surface area (Å²) in [5.74, 6) is 0.844. The summed E-state index contributed by atoms with van der Waals surface area (Å²) in [4.78, 5) is 13.7. The van der Waals surface area contributed by atoms with E-state index in [1.54, 1.807) is 0 Å². The number of fused-ring (bicyclic) bond motifs is 2. The number of hydrogen-bond acceptors (Lipinski definition) is 3. The van der Waals surface area contributed by atoms with Gasteiger partial charge in [-0.2, -0.15) is 0 Å². The van der Waals surface area contributed by atoms with E-state index in [1.165, 1.54) is 6.42 Å². The smallest absolute Gasteiger partial charge is 0.410 e. The molecule has 3 atom stereocenters. The van der Waals surface area contributed by atoms with Crippen molar-refractivity contribution < 1.29 is 9.53 Å². The number of nitrogens with one attached hydrogen (secondary N) is 1. The van der Waals surface area contributed by atoms with Crippen LogP contribution >= 0.6 is 0 Å². The molecule has 1 saturated carbocycles. The lowest BCUT2D eigenvalue weighted by Gasteiger charge is -2.47. The molecule has 15 heavy (non-hydrogen) atoms. The SMILES string of the molecule is CC(C)(C)OC(=O)N1C[C@H]2N[C@@]3(CC23)C1. The first kappa shape index (κ1) is 9.46. The molecule has 4 aliphatic rings. The van der Waals surface area contributed by atoms with E-state index in [2.05, 4.69) is 5.32 Å². The van der Waals surface area contributed by atoms with Gasteiger partial charge in [0.25, 0.3) is 0 Å². The molecule has 3 aliphatic heterocycles. The van der Waals surface area contributed by atoms with E-state index in [4.69, 9.17) is 4.74 Å². The number of piperidine rings is 1. The van der Waals surface area contributed by atoms with Gasteiger partial charge in [0.05, 0.1) is 0 Å². The van der Waals surface area contributed by atoms with Crippen molar-refractivity contribution in [2.75, 3.05) is 13.1 Å². The van der Waals surface area contributed by atoms with E-state index < -0.39 is 0 Å². The maximum absolute atomic E-state index is 11.8. The largest absolute Gasteiger partial charge is 0.444 e. The Labute approximate surface area is 90.0 Å². The van der Waals surface area contributed by atoms with Gasteiger partial charge in [-0.1, -0.05) is 0 Å². The summed E-state index contributed by atoms with van der Waals surface area (Å²) in [6, 6.07) is 0.534. The lowest BCUT2D eigenvalue weighted by Crippen LogP contribution is -2.69. The van der Waals surface area contributed by atoms with E-state index >= 15 is 0 Å². The van der Waals surface area contributed by atoms with Gasteiger partial charge in [0.15, 0.2) is 0 Å². The van der Waals surface area contributed by atoms with Gasteiger partial charge in [-0.15, -0.1) is 0 Å². The first-order valence-corrected chi connectivity index (χ1v) is 5.65. The second-order valence-electron chi connectivity index (χ2n) is 6.08. The summed E-state index contributed by atoms with van der Waals surface area (Å²) in [7, 11) is 0. The summed E-state index contributed by atoms with van der Waals surface area (Å²) < 4.78 is 5.37. The number of carbonyl (C=O) groups is 1. The van der Waals surface area contributed by atoms with Gasteiger partial charge in [-0.3, -0.25) is 0 Å². The van der Waals surface area contributed by atoms with Gasteiger partial charge < -0.3 is 15.0 Å². The van der Waals surface area contributed by atoms with Crippen LogP contribution in [0.2, 0.25) is 0 Å². The molecule has 1 aliphatic carbocycles. The predicted molar refractivity (Wildman–Crippen MR) is 55.6 cm³/mol. The van der Waals surface area contributed by atoms with Crippen LogP contribution in [0.4, 0.5) is 4.79 Å². The highest BCUT2D eigenvalue weighted by molar-refractivity contribution is 5.69. The van der Waals surface area contributed by atoms with E-state index in [9.17, 15) is 4.79 Å². The van der Waals surface area contributed by atoms with Crippen LogP contribution in [0.1, 0.15) is 27.2 Å². The Morgan fingerprint density at radius 3 is 2.80 bits per heavy atom. The molecule has 1 unspecified atom stereocenters. The van der Waals surface area contributed by atoms with Gasteiger partial charge in [-0.25, -0.2) is 4.79 Å². The average molecular weight is 210 g/mol. The van der Waals surface area contributed by atoms with Crippen LogP contribution in [-0.4, -0.2) is 41.3 Å². The van der Waals surface area contributed by atoms with Crippen molar-refractivity contribution in [3.8, 4) is 0 Å². The molecular weight excluding hydrogens is 192 g/mol. The molecule has 84 valence electrons. The lowest BCUT2D eigenvalue weighted by atomic mass is 9.92. The third-order valence-corrected chi connectivity index (χ3v) is 3.63. The predicted octanol–water partition coefficient (Wildman–Crippen LogP) is 0.968. The minimum absolute atomic E-state index is 0.154. The highest BCUT2D eigenvalue weighted by Crippen LogP contribution is 2.57. The number of carbonyl (C=O) groups excluding carboxylic acids is 1. The van der Waals surface area contributed by atoms with Gasteiger partial charge in [0, 0.05) is 24.7 Å². The summed E-state index contributed by atoms with van der Waals surface area (Å²) in [5.41, 5.74) is -0.0907. The number of hydrogen-bond donors (Lipinski definition) is 1. The normalized spacial score (nSPS) is 41.7. The molecule has 0 radical (unpaired) electrons. The molecule has 3 saturated heterocycles. The first-order valence-electron chi connectivity index (χ1n) is 5.65. The van der Waals surface area contributed by atoms with Crippen LogP contribution in [0.25, 0.3) is 0 Å². The Bertz CT molecular complexity index is 323. The first-order chi connectivity index (χ1) is 6.90.